The molecule has 0 saturated carbocycles. The lowest BCUT2D eigenvalue weighted by atomic mass is 9.95. The molecular formula is C21H15BrN2O. The van der Waals surface area contributed by atoms with Gasteiger partial charge in [0.05, 0.1) is 11.6 Å². The normalized spacial score (nSPS) is 10.1. The predicted molar refractivity (Wildman–Crippen MR) is 102 cm³/mol. The van der Waals surface area contributed by atoms with Crippen molar-refractivity contribution >= 4 is 21.8 Å². The van der Waals surface area contributed by atoms with Crippen LogP contribution in [0, 0.1) is 11.3 Å². The molecule has 0 aliphatic rings. The summed E-state index contributed by atoms with van der Waals surface area (Å²) >= 11 is 3.40. The molecule has 1 N–H and O–H groups in total. The quantitative estimate of drug-likeness (QED) is 0.687. The minimum atomic E-state index is -0.161. The first kappa shape index (κ1) is 16.9. The van der Waals surface area contributed by atoms with Crippen LogP contribution in [0.5, 0.6) is 0 Å². The van der Waals surface area contributed by atoms with Crippen LogP contribution in [0.3, 0.4) is 0 Å². The van der Waals surface area contributed by atoms with Gasteiger partial charge in [-0.25, -0.2) is 0 Å². The van der Waals surface area contributed by atoms with E-state index in [1.54, 1.807) is 12.1 Å². The molecule has 0 bridgehead atoms. The maximum Gasteiger partial charge on any atom is 0.252 e. The van der Waals surface area contributed by atoms with E-state index < -0.39 is 0 Å². The number of carbonyl (C=O) groups excluding carboxylic acids is 1. The third kappa shape index (κ3) is 3.96. The summed E-state index contributed by atoms with van der Waals surface area (Å²) in [6, 6.07) is 24.6. The van der Waals surface area contributed by atoms with Gasteiger partial charge in [-0.05, 0) is 35.4 Å². The van der Waals surface area contributed by atoms with Gasteiger partial charge < -0.3 is 5.32 Å². The number of benzene rings is 3. The molecule has 0 unspecified atom stereocenters. The Hall–Kier alpha value is -2.90. The van der Waals surface area contributed by atoms with Crippen LogP contribution in [-0.4, -0.2) is 5.91 Å². The summed E-state index contributed by atoms with van der Waals surface area (Å²) in [6.45, 7) is 0.445. The molecule has 0 spiro atoms. The lowest BCUT2D eigenvalue weighted by Gasteiger charge is -2.11. The number of nitrogens with zero attached hydrogens (tertiary/aromatic N) is 1. The molecule has 3 nitrogen and oxygen atoms in total. The van der Waals surface area contributed by atoms with Gasteiger partial charge in [-0.2, -0.15) is 5.26 Å². The van der Waals surface area contributed by atoms with Crippen LogP contribution < -0.4 is 5.32 Å². The standard InChI is InChI=1S/C21H15BrN2O/c22-17-11-9-15(10-12-17)14-24-21(25)20-8-4-3-7-19(20)18-6-2-1-5-16(18)13-23/h1-12H,14H2,(H,24,25). The van der Waals surface area contributed by atoms with Gasteiger partial charge in [0.25, 0.3) is 5.91 Å². The molecule has 0 aliphatic carbocycles. The zero-order valence-corrected chi connectivity index (χ0v) is 15.0. The molecule has 0 fully saturated rings. The van der Waals surface area contributed by atoms with Crippen LogP contribution in [0.2, 0.25) is 0 Å². The summed E-state index contributed by atoms with van der Waals surface area (Å²) in [5, 5.41) is 12.3. The number of carbonyl (C=O) groups is 1. The third-order valence-electron chi connectivity index (χ3n) is 3.88. The molecule has 3 rings (SSSR count). The van der Waals surface area contributed by atoms with E-state index >= 15 is 0 Å². The number of nitrogens with one attached hydrogen (secondary N) is 1. The minimum absolute atomic E-state index is 0.161. The summed E-state index contributed by atoms with van der Waals surface area (Å²) in [7, 11) is 0. The molecular weight excluding hydrogens is 376 g/mol. The molecule has 25 heavy (non-hydrogen) atoms. The fourth-order valence-electron chi connectivity index (χ4n) is 2.61. The molecule has 0 saturated heterocycles. The second-order valence-electron chi connectivity index (χ2n) is 5.51. The first-order valence-electron chi connectivity index (χ1n) is 7.80. The second-order valence-corrected chi connectivity index (χ2v) is 6.43. The van der Waals surface area contributed by atoms with E-state index in [1.807, 2.05) is 60.7 Å². The molecule has 3 aromatic rings. The van der Waals surface area contributed by atoms with Crippen molar-refractivity contribution in [3.8, 4) is 17.2 Å². The Bertz CT molecular complexity index is 943. The molecule has 0 heterocycles. The number of rotatable bonds is 4. The van der Waals surface area contributed by atoms with E-state index in [4.69, 9.17) is 0 Å². The SMILES string of the molecule is N#Cc1ccccc1-c1ccccc1C(=O)NCc1ccc(Br)cc1. The van der Waals surface area contributed by atoms with Crippen molar-refractivity contribution in [2.45, 2.75) is 6.54 Å². The van der Waals surface area contributed by atoms with Gasteiger partial charge in [-0.3, -0.25) is 4.79 Å². The van der Waals surface area contributed by atoms with Crippen LogP contribution in [0.1, 0.15) is 21.5 Å². The Labute approximate surface area is 155 Å². The Balaban J connectivity index is 1.86. The van der Waals surface area contributed by atoms with E-state index in [0.29, 0.717) is 17.7 Å². The highest BCUT2D eigenvalue weighted by molar-refractivity contribution is 9.10. The van der Waals surface area contributed by atoms with E-state index in [-0.39, 0.29) is 5.91 Å². The minimum Gasteiger partial charge on any atom is -0.348 e. The Morgan fingerprint density at radius 1 is 0.920 bits per heavy atom. The number of hydrogen-bond donors (Lipinski definition) is 1. The average Bonchev–Trinajstić information content (AvgIpc) is 2.67. The molecule has 122 valence electrons. The van der Waals surface area contributed by atoms with Crippen molar-refractivity contribution in [2.75, 3.05) is 0 Å². The smallest absolute Gasteiger partial charge is 0.252 e. The predicted octanol–water partition coefficient (Wildman–Crippen LogP) is 4.92. The van der Waals surface area contributed by atoms with E-state index in [1.165, 1.54) is 0 Å². The van der Waals surface area contributed by atoms with Gasteiger partial charge in [0.1, 0.15) is 0 Å². The molecule has 0 atom stereocenters. The van der Waals surface area contributed by atoms with Crippen LogP contribution in [0.25, 0.3) is 11.1 Å². The van der Waals surface area contributed by atoms with Crippen LogP contribution >= 0.6 is 15.9 Å². The van der Waals surface area contributed by atoms with Crippen LogP contribution in [-0.2, 0) is 6.54 Å². The lowest BCUT2D eigenvalue weighted by molar-refractivity contribution is 0.0951. The highest BCUT2D eigenvalue weighted by atomic mass is 79.9. The average molecular weight is 391 g/mol. The summed E-state index contributed by atoms with van der Waals surface area (Å²) < 4.78 is 1.00. The fourth-order valence-corrected chi connectivity index (χ4v) is 2.88. The van der Waals surface area contributed by atoms with Crippen molar-refractivity contribution in [1.29, 1.82) is 5.26 Å². The molecule has 0 radical (unpaired) electrons. The van der Waals surface area contributed by atoms with E-state index in [9.17, 15) is 10.1 Å². The summed E-state index contributed by atoms with van der Waals surface area (Å²) in [5.41, 5.74) is 3.65. The van der Waals surface area contributed by atoms with Crippen molar-refractivity contribution in [1.82, 2.24) is 5.32 Å². The van der Waals surface area contributed by atoms with Crippen LogP contribution in [0.4, 0.5) is 0 Å². The molecule has 0 aromatic heterocycles. The topological polar surface area (TPSA) is 52.9 Å². The maximum atomic E-state index is 12.7. The van der Waals surface area contributed by atoms with Crippen molar-refractivity contribution in [3.63, 3.8) is 0 Å². The monoisotopic (exact) mass is 390 g/mol. The molecule has 1 amide bonds. The number of halogens is 1. The number of hydrogen-bond acceptors (Lipinski definition) is 2. The molecule has 4 heteroatoms. The summed E-state index contributed by atoms with van der Waals surface area (Å²) in [4.78, 5) is 12.7. The largest absolute Gasteiger partial charge is 0.348 e. The van der Waals surface area contributed by atoms with Gasteiger partial charge in [0.2, 0.25) is 0 Å². The Kier molecular flexibility index (Phi) is 5.27. The van der Waals surface area contributed by atoms with Gasteiger partial charge in [-0.1, -0.05) is 64.5 Å². The number of nitriles is 1. The number of amides is 1. The highest BCUT2D eigenvalue weighted by Gasteiger charge is 2.14. The molecule has 3 aromatic carbocycles. The maximum absolute atomic E-state index is 12.7. The second kappa shape index (κ2) is 7.78. The van der Waals surface area contributed by atoms with Crippen molar-refractivity contribution in [2.24, 2.45) is 0 Å². The Morgan fingerprint density at radius 3 is 2.28 bits per heavy atom. The van der Waals surface area contributed by atoms with E-state index in [0.717, 1.165) is 21.2 Å². The van der Waals surface area contributed by atoms with Crippen LogP contribution in [0.15, 0.2) is 77.3 Å². The zero-order chi connectivity index (χ0) is 17.6. The van der Waals surface area contributed by atoms with Gasteiger partial charge in [0.15, 0.2) is 0 Å². The van der Waals surface area contributed by atoms with Gasteiger partial charge in [-0.15, -0.1) is 0 Å². The first-order chi connectivity index (χ1) is 12.2. The summed E-state index contributed by atoms with van der Waals surface area (Å²) in [5.74, 6) is -0.161. The van der Waals surface area contributed by atoms with E-state index in [2.05, 4.69) is 27.3 Å². The zero-order valence-electron chi connectivity index (χ0n) is 13.4. The highest BCUT2D eigenvalue weighted by Crippen LogP contribution is 2.26. The van der Waals surface area contributed by atoms with Gasteiger partial charge >= 0.3 is 0 Å². The fraction of sp³-hybridized carbons (Fsp3) is 0.0476. The summed E-state index contributed by atoms with van der Waals surface area (Å²) in [6.07, 6.45) is 0. The Morgan fingerprint density at radius 2 is 1.56 bits per heavy atom. The van der Waals surface area contributed by atoms with Crippen molar-refractivity contribution < 1.29 is 4.79 Å². The lowest BCUT2D eigenvalue weighted by Crippen LogP contribution is -2.23. The first-order valence-corrected chi connectivity index (χ1v) is 8.59. The molecule has 0 aliphatic heterocycles. The van der Waals surface area contributed by atoms with Crippen molar-refractivity contribution in [3.05, 3.63) is 94.0 Å². The third-order valence-corrected chi connectivity index (χ3v) is 4.40. The van der Waals surface area contributed by atoms with Gasteiger partial charge in [0, 0.05) is 22.1 Å².